The molecule has 2 aromatic heterocycles. The highest BCUT2D eigenvalue weighted by Gasteiger charge is 2.18. The van der Waals surface area contributed by atoms with E-state index in [1.54, 1.807) is 17.4 Å². The van der Waals surface area contributed by atoms with Crippen LogP contribution < -0.4 is 10.1 Å². The molecule has 0 radical (unpaired) electrons. The van der Waals surface area contributed by atoms with Crippen molar-refractivity contribution in [1.82, 2.24) is 5.32 Å². The molecule has 140 valence electrons. The number of ether oxygens (including phenoxy) is 1. The Morgan fingerprint density at radius 2 is 1.72 bits per heavy atom. The van der Waals surface area contributed by atoms with Crippen LogP contribution >= 0.6 is 11.3 Å². The van der Waals surface area contributed by atoms with Crippen molar-refractivity contribution in [3.05, 3.63) is 78.4 Å². The second kappa shape index (κ2) is 6.22. The summed E-state index contributed by atoms with van der Waals surface area (Å²) in [6, 6.07) is 24.4. The first-order valence-electron chi connectivity index (χ1n) is 9.33. The van der Waals surface area contributed by atoms with E-state index in [4.69, 9.17) is 9.15 Å². The topological polar surface area (TPSA) is 51.5 Å². The number of amides is 1. The fourth-order valence-electron chi connectivity index (χ4n) is 3.73. The molecule has 0 atom stereocenters. The molecule has 1 aliphatic heterocycles. The molecule has 1 N–H and O–H groups in total. The van der Waals surface area contributed by atoms with Gasteiger partial charge in [-0.25, -0.2) is 0 Å². The summed E-state index contributed by atoms with van der Waals surface area (Å²) in [5.41, 5.74) is 3.48. The average molecular weight is 397 g/mol. The highest BCUT2D eigenvalue weighted by molar-refractivity contribution is 7.22. The molecule has 0 aliphatic carbocycles. The summed E-state index contributed by atoms with van der Waals surface area (Å²) in [6.45, 7) is 0.203. The van der Waals surface area contributed by atoms with Crippen molar-refractivity contribution in [2.24, 2.45) is 0 Å². The number of benzene rings is 3. The van der Waals surface area contributed by atoms with Gasteiger partial charge < -0.3 is 14.5 Å². The normalized spacial score (nSPS) is 13.3. The molecule has 0 unspecified atom stereocenters. The number of carbonyl (C=O) groups is 1. The summed E-state index contributed by atoms with van der Waals surface area (Å²) >= 11 is 1.73. The Morgan fingerprint density at radius 3 is 2.66 bits per heavy atom. The minimum atomic E-state index is -0.101. The zero-order valence-electron chi connectivity index (χ0n) is 15.3. The van der Waals surface area contributed by atoms with E-state index in [9.17, 15) is 4.79 Å². The van der Waals surface area contributed by atoms with Crippen molar-refractivity contribution in [3.8, 4) is 27.5 Å². The Hall–Kier alpha value is -3.57. The van der Waals surface area contributed by atoms with Gasteiger partial charge in [0.25, 0.3) is 5.91 Å². The molecule has 6 rings (SSSR count). The predicted molar refractivity (Wildman–Crippen MR) is 115 cm³/mol. The smallest absolute Gasteiger partial charge is 0.257 e. The van der Waals surface area contributed by atoms with Crippen LogP contribution in [0.5, 0.6) is 5.75 Å². The van der Waals surface area contributed by atoms with Crippen LogP contribution in [0.1, 0.15) is 10.4 Å². The lowest BCUT2D eigenvalue weighted by molar-refractivity contribution is 0.0883. The van der Waals surface area contributed by atoms with Crippen LogP contribution in [0.15, 0.2) is 77.2 Å². The van der Waals surface area contributed by atoms with Crippen LogP contribution in [0.2, 0.25) is 0 Å². The van der Waals surface area contributed by atoms with E-state index in [-0.39, 0.29) is 12.6 Å². The molecular formula is C24H15NO3S. The fraction of sp³-hybridized carbons (Fsp3) is 0.0417. The van der Waals surface area contributed by atoms with Crippen LogP contribution in [0.3, 0.4) is 0 Å². The Bertz CT molecular complexity index is 1380. The summed E-state index contributed by atoms with van der Waals surface area (Å²) in [7, 11) is 0. The summed E-state index contributed by atoms with van der Waals surface area (Å²) in [4.78, 5) is 13.0. The van der Waals surface area contributed by atoms with Gasteiger partial charge in [0.1, 0.15) is 17.1 Å². The van der Waals surface area contributed by atoms with Crippen molar-refractivity contribution in [3.63, 3.8) is 0 Å². The van der Waals surface area contributed by atoms with E-state index < -0.39 is 0 Å². The largest absolute Gasteiger partial charge is 0.472 e. The summed E-state index contributed by atoms with van der Waals surface area (Å²) in [5.74, 6) is 1.39. The second-order valence-corrected chi connectivity index (χ2v) is 8.10. The number of fused-ring (bicyclic) bond motifs is 3. The maximum atomic E-state index is 11.9. The standard InChI is InChI=1S/C24H15NO3S/c26-24-18-7-5-15(10-20(18)27-13-25-24)14-6-8-19-17(9-14)11-21(28-19)23-12-16-3-1-2-4-22(16)29-23/h1-12H,13H2,(H,25,26). The Kier molecular flexibility index (Phi) is 3.52. The second-order valence-electron chi connectivity index (χ2n) is 7.02. The average Bonchev–Trinajstić information content (AvgIpc) is 3.37. The molecule has 1 amide bonds. The third-order valence-corrected chi connectivity index (χ3v) is 6.34. The molecule has 3 aromatic carbocycles. The van der Waals surface area contributed by atoms with Gasteiger partial charge in [-0.05, 0) is 59.0 Å². The SMILES string of the molecule is O=C1NCOc2cc(-c3ccc4oc(-c5cc6ccccc6s5)cc4c3)ccc21. The molecule has 5 heteroatoms. The van der Waals surface area contributed by atoms with Crippen LogP contribution in [-0.4, -0.2) is 12.6 Å². The van der Waals surface area contributed by atoms with Gasteiger partial charge in [-0.15, -0.1) is 11.3 Å². The van der Waals surface area contributed by atoms with Crippen LogP contribution in [0.4, 0.5) is 0 Å². The van der Waals surface area contributed by atoms with E-state index in [0.29, 0.717) is 11.3 Å². The molecule has 1 aliphatic rings. The molecule has 29 heavy (non-hydrogen) atoms. The molecule has 0 fully saturated rings. The van der Waals surface area contributed by atoms with Crippen molar-refractivity contribution in [2.45, 2.75) is 0 Å². The number of carbonyl (C=O) groups excluding carboxylic acids is 1. The summed E-state index contributed by atoms with van der Waals surface area (Å²) in [5, 5.41) is 4.95. The van der Waals surface area contributed by atoms with Gasteiger partial charge in [0.15, 0.2) is 6.73 Å². The number of nitrogens with one attached hydrogen (secondary N) is 1. The highest BCUT2D eigenvalue weighted by atomic mass is 32.1. The van der Waals surface area contributed by atoms with Gasteiger partial charge in [0.05, 0.1) is 10.4 Å². The zero-order valence-corrected chi connectivity index (χ0v) is 16.1. The van der Waals surface area contributed by atoms with E-state index in [1.807, 2.05) is 24.3 Å². The van der Waals surface area contributed by atoms with Crippen LogP contribution in [-0.2, 0) is 0 Å². The van der Waals surface area contributed by atoms with Crippen molar-refractivity contribution in [2.75, 3.05) is 6.73 Å². The van der Waals surface area contributed by atoms with Crippen LogP contribution in [0.25, 0.3) is 42.8 Å². The van der Waals surface area contributed by atoms with E-state index in [0.717, 1.165) is 32.7 Å². The molecule has 0 saturated heterocycles. The Morgan fingerprint density at radius 1 is 0.862 bits per heavy atom. The molecule has 0 saturated carbocycles. The van der Waals surface area contributed by atoms with Crippen molar-refractivity contribution < 1.29 is 13.9 Å². The number of hydrogen-bond acceptors (Lipinski definition) is 4. The zero-order chi connectivity index (χ0) is 19.4. The van der Waals surface area contributed by atoms with E-state index >= 15 is 0 Å². The van der Waals surface area contributed by atoms with Crippen LogP contribution in [0, 0.1) is 0 Å². The fourth-order valence-corrected chi connectivity index (χ4v) is 4.75. The van der Waals surface area contributed by atoms with E-state index in [1.165, 1.54) is 10.1 Å². The highest BCUT2D eigenvalue weighted by Crippen LogP contribution is 2.38. The lowest BCUT2D eigenvalue weighted by atomic mass is 10.0. The van der Waals surface area contributed by atoms with Gasteiger partial charge in [-0.1, -0.05) is 30.3 Å². The van der Waals surface area contributed by atoms with Crippen molar-refractivity contribution in [1.29, 1.82) is 0 Å². The monoisotopic (exact) mass is 397 g/mol. The number of furan rings is 1. The molecule has 0 bridgehead atoms. The predicted octanol–water partition coefficient (Wildman–Crippen LogP) is 6.06. The van der Waals surface area contributed by atoms with Gasteiger partial charge in [0.2, 0.25) is 0 Å². The number of hydrogen-bond donors (Lipinski definition) is 1. The first-order chi connectivity index (χ1) is 14.2. The quantitative estimate of drug-likeness (QED) is 0.394. The third-order valence-electron chi connectivity index (χ3n) is 5.20. The third kappa shape index (κ3) is 2.70. The number of rotatable bonds is 2. The molecule has 4 nitrogen and oxygen atoms in total. The minimum absolute atomic E-state index is 0.101. The molecule has 0 spiro atoms. The first-order valence-corrected chi connectivity index (χ1v) is 10.1. The maximum absolute atomic E-state index is 11.9. The Labute approximate surface area is 170 Å². The molecule has 5 aromatic rings. The molecular weight excluding hydrogens is 382 g/mol. The van der Waals surface area contributed by atoms with Crippen molar-refractivity contribution >= 4 is 38.3 Å². The maximum Gasteiger partial charge on any atom is 0.257 e. The summed E-state index contributed by atoms with van der Waals surface area (Å²) in [6.07, 6.45) is 0. The minimum Gasteiger partial charge on any atom is -0.472 e. The van der Waals surface area contributed by atoms with Gasteiger partial charge in [-0.3, -0.25) is 4.79 Å². The lowest BCUT2D eigenvalue weighted by Gasteiger charge is -2.18. The number of thiophene rings is 1. The van der Waals surface area contributed by atoms with E-state index in [2.05, 4.69) is 47.8 Å². The first kappa shape index (κ1) is 16.4. The lowest BCUT2D eigenvalue weighted by Crippen LogP contribution is -2.32. The molecule has 3 heterocycles. The van der Waals surface area contributed by atoms with Gasteiger partial charge >= 0.3 is 0 Å². The van der Waals surface area contributed by atoms with Gasteiger partial charge in [-0.2, -0.15) is 0 Å². The Balaban J connectivity index is 1.41. The summed E-state index contributed by atoms with van der Waals surface area (Å²) < 4.78 is 12.9. The van der Waals surface area contributed by atoms with Gasteiger partial charge in [0, 0.05) is 10.1 Å².